The molecular formula is C14H15ClN2O2. The van der Waals surface area contributed by atoms with Crippen LogP contribution in [0.25, 0.3) is 0 Å². The smallest absolute Gasteiger partial charge is 0.224 e. The number of aryl methyl sites for hydroxylation is 1. The first-order chi connectivity index (χ1) is 9.38. The monoisotopic (exact) mass is 278 g/mol. The summed E-state index contributed by atoms with van der Waals surface area (Å²) in [6, 6.07) is 8.01. The molecule has 1 aromatic carbocycles. The van der Waals surface area contributed by atoms with Crippen molar-refractivity contribution in [2.24, 2.45) is 0 Å². The summed E-state index contributed by atoms with van der Waals surface area (Å²) in [5.74, 6) is 3.01. The Balaban J connectivity index is 1.85. The Bertz CT molecular complexity index is 556. The highest BCUT2D eigenvalue weighted by atomic mass is 35.5. The fraction of sp³-hybridized carbons (Fsp3) is 0.429. The second-order valence-corrected chi connectivity index (χ2v) is 4.93. The van der Waals surface area contributed by atoms with Crippen molar-refractivity contribution in [1.82, 2.24) is 10.2 Å². The van der Waals surface area contributed by atoms with Gasteiger partial charge in [0.1, 0.15) is 5.75 Å². The number of ether oxygens (including phenoxy) is 1. The minimum Gasteiger partial charge on any atom is -0.493 e. The van der Waals surface area contributed by atoms with Gasteiger partial charge >= 0.3 is 0 Å². The molecule has 0 saturated carbocycles. The van der Waals surface area contributed by atoms with Crippen molar-refractivity contribution in [2.45, 2.75) is 25.2 Å². The third-order valence-corrected chi connectivity index (χ3v) is 3.53. The predicted molar refractivity (Wildman–Crippen MR) is 71.7 cm³/mol. The Labute approximate surface area is 116 Å². The van der Waals surface area contributed by atoms with E-state index in [9.17, 15) is 0 Å². The maximum absolute atomic E-state index is 5.75. The summed E-state index contributed by atoms with van der Waals surface area (Å²) >= 11 is 5.67. The van der Waals surface area contributed by atoms with Crippen LogP contribution in [0.5, 0.6) is 5.75 Å². The summed E-state index contributed by atoms with van der Waals surface area (Å²) in [6.45, 7) is 0.682. The van der Waals surface area contributed by atoms with Crippen molar-refractivity contribution >= 4 is 11.6 Å². The van der Waals surface area contributed by atoms with E-state index in [1.807, 2.05) is 18.2 Å². The van der Waals surface area contributed by atoms with Crippen molar-refractivity contribution in [3.63, 3.8) is 0 Å². The van der Waals surface area contributed by atoms with Gasteiger partial charge in [0.25, 0.3) is 0 Å². The number of hydrogen-bond acceptors (Lipinski definition) is 4. The first-order valence-corrected chi connectivity index (χ1v) is 7.02. The Morgan fingerprint density at radius 2 is 2.16 bits per heavy atom. The predicted octanol–water partition coefficient (Wildman–Crippen LogP) is 3.16. The summed E-state index contributed by atoms with van der Waals surface area (Å²) in [5.41, 5.74) is 1.13. The van der Waals surface area contributed by atoms with Gasteiger partial charge in [-0.2, -0.15) is 0 Å². The van der Waals surface area contributed by atoms with E-state index >= 15 is 0 Å². The Morgan fingerprint density at radius 3 is 3.05 bits per heavy atom. The van der Waals surface area contributed by atoms with Gasteiger partial charge in [-0.3, -0.25) is 0 Å². The van der Waals surface area contributed by atoms with Crippen LogP contribution in [0.1, 0.15) is 36.1 Å². The average Bonchev–Trinajstić information content (AvgIpc) is 2.93. The number of aromatic nitrogens is 2. The maximum Gasteiger partial charge on any atom is 0.224 e. The molecule has 1 atom stereocenters. The number of halogens is 1. The maximum atomic E-state index is 5.75. The van der Waals surface area contributed by atoms with Crippen molar-refractivity contribution in [3.05, 3.63) is 41.6 Å². The van der Waals surface area contributed by atoms with Crippen LogP contribution in [0.2, 0.25) is 0 Å². The Morgan fingerprint density at radius 1 is 1.26 bits per heavy atom. The van der Waals surface area contributed by atoms with E-state index in [1.54, 1.807) is 0 Å². The van der Waals surface area contributed by atoms with Gasteiger partial charge < -0.3 is 9.15 Å². The van der Waals surface area contributed by atoms with Crippen LogP contribution in [-0.2, 0) is 6.42 Å². The van der Waals surface area contributed by atoms with Crippen LogP contribution < -0.4 is 4.74 Å². The molecule has 1 aromatic heterocycles. The van der Waals surface area contributed by atoms with Gasteiger partial charge in [0.2, 0.25) is 11.8 Å². The zero-order valence-corrected chi connectivity index (χ0v) is 11.3. The highest BCUT2D eigenvalue weighted by Crippen LogP contribution is 2.37. The normalized spacial score (nSPS) is 17.8. The molecule has 1 aliphatic rings. The van der Waals surface area contributed by atoms with Crippen molar-refractivity contribution in [1.29, 1.82) is 0 Å². The molecule has 3 rings (SSSR count). The first-order valence-electron chi connectivity index (χ1n) is 6.48. The Hall–Kier alpha value is -1.55. The number of para-hydroxylation sites is 1. The Kier molecular flexibility index (Phi) is 3.69. The van der Waals surface area contributed by atoms with Gasteiger partial charge in [-0.15, -0.1) is 21.8 Å². The van der Waals surface area contributed by atoms with Crippen LogP contribution in [0.4, 0.5) is 0 Å². The second-order valence-electron chi connectivity index (χ2n) is 4.55. The van der Waals surface area contributed by atoms with Crippen LogP contribution in [0.3, 0.4) is 0 Å². The van der Waals surface area contributed by atoms with E-state index in [1.165, 1.54) is 0 Å². The molecule has 5 heteroatoms. The van der Waals surface area contributed by atoms with E-state index in [2.05, 4.69) is 16.3 Å². The number of benzene rings is 1. The van der Waals surface area contributed by atoms with E-state index in [0.717, 1.165) is 30.6 Å². The largest absolute Gasteiger partial charge is 0.493 e. The molecule has 0 N–H and O–H groups in total. The number of rotatable bonds is 4. The molecule has 2 aromatic rings. The van der Waals surface area contributed by atoms with E-state index in [-0.39, 0.29) is 5.92 Å². The van der Waals surface area contributed by atoms with Gasteiger partial charge in [-0.1, -0.05) is 18.2 Å². The molecule has 0 saturated heterocycles. The minimum atomic E-state index is 0.141. The van der Waals surface area contributed by atoms with Crippen LogP contribution >= 0.6 is 11.6 Å². The van der Waals surface area contributed by atoms with E-state index in [0.29, 0.717) is 24.3 Å². The van der Waals surface area contributed by atoms with Gasteiger partial charge in [0, 0.05) is 17.9 Å². The van der Waals surface area contributed by atoms with Gasteiger partial charge in [-0.05, 0) is 18.9 Å². The third kappa shape index (κ3) is 2.59. The summed E-state index contributed by atoms with van der Waals surface area (Å²) in [7, 11) is 0. The highest BCUT2D eigenvalue weighted by molar-refractivity contribution is 6.17. The number of alkyl halides is 1. The molecule has 0 amide bonds. The molecule has 0 spiro atoms. The summed E-state index contributed by atoms with van der Waals surface area (Å²) in [5, 5.41) is 8.26. The van der Waals surface area contributed by atoms with Crippen molar-refractivity contribution in [3.8, 4) is 5.75 Å². The molecule has 0 bridgehead atoms. The topological polar surface area (TPSA) is 48.2 Å². The highest BCUT2D eigenvalue weighted by Gasteiger charge is 2.27. The molecule has 1 aliphatic heterocycles. The van der Waals surface area contributed by atoms with Crippen LogP contribution in [0.15, 0.2) is 28.7 Å². The standard InChI is InChI=1S/C14H15ClN2O2/c15-8-3-6-13-16-17-14(19-13)11-7-9-18-12-5-2-1-4-10(11)12/h1-2,4-5,11H,3,6-9H2. The SMILES string of the molecule is ClCCCc1nnc(C2CCOc3ccccc32)o1. The summed E-state index contributed by atoms with van der Waals surface area (Å²) < 4.78 is 11.4. The first kappa shape index (κ1) is 12.5. The van der Waals surface area contributed by atoms with Crippen LogP contribution in [-0.4, -0.2) is 22.7 Å². The molecule has 4 nitrogen and oxygen atoms in total. The van der Waals surface area contributed by atoms with Crippen molar-refractivity contribution in [2.75, 3.05) is 12.5 Å². The van der Waals surface area contributed by atoms with E-state index < -0.39 is 0 Å². The number of hydrogen-bond donors (Lipinski definition) is 0. The van der Waals surface area contributed by atoms with Gasteiger partial charge in [-0.25, -0.2) is 0 Å². The lowest BCUT2D eigenvalue weighted by Crippen LogP contribution is -2.15. The molecule has 2 heterocycles. The van der Waals surface area contributed by atoms with Crippen LogP contribution in [0, 0.1) is 0 Å². The third-order valence-electron chi connectivity index (χ3n) is 3.26. The minimum absolute atomic E-state index is 0.141. The van der Waals surface area contributed by atoms with Gasteiger partial charge in [0.15, 0.2) is 0 Å². The lowest BCUT2D eigenvalue weighted by Gasteiger charge is -2.23. The molecule has 0 aliphatic carbocycles. The molecule has 0 fully saturated rings. The average molecular weight is 279 g/mol. The fourth-order valence-electron chi connectivity index (χ4n) is 2.33. The van der Waals surface area contributed by atoms with E-state index in [4.69, 9.17) is 20.8 Å². The lowest BCUT2D eigenvalue weighted by atomic mass is 9.93. The molecule has 0 radical (unpaired) electrons. The van der Waals surface area contributed by atoms with Crippen molar-refractivity contribution < 1.29 is 9.15 Å². The molecule has 1 unspecified atom stereocenters. The summed E-state index contributed by atoms with van der Waals surface area (Å²) in [6.07, 6.45) is 2.46. The summed E-state index contributed by atoms with van der Waals surface area (Å²) in [4.78, 5) is 0. The second kappa shape index (κ2) is 5.61. The number of nitrogens with zero attached hydrogens (tertiary/aromatic N) is 2. The lowest BCUT2D eigenvalue weighted by molar-refractivity contribution is 0.263. The van der Waals surface area contributed by atoms with Gasteiger partial charge in [0.05, 0.1) is 12.5 Å². The zero-order valence-electron chi connectivity index (χ0n) is 10.5. The molecule has 100 valence electrons. The number of fused-ring (bicyclic) bond motifs is 1. The fourth-order valence-corrected chi connectivity index (χ4v) is 2.46. The molecular weight excluding hydrogens is 264 g/mol. The quantitative estimate of drug-likeness (QED) is 0.806. The zero-order chi connectivity index (χ0) is 13.1. The molecule has 19 heavy (non-hydrogen) atoms.